The Hall–Kier alpha value is -2.82. The van der Waals surface area contributed by atoms with Crippen LogP contribution >= 0.6 is 0 Å². The quantitative estimate of drug-likeness (QED) is 0.745. The number of benzene rings is 1. The lowest BCUT2D eigenvalue weighted by atomic mass is 9.97. The van der Waals surface area contributed by atoms with Crippen molar-refractivity contribution in [3.05, 3.63) is 66.4 Å². The highest BCUT2D eigenvalue weighted by molar-refractivity contribution is 5.92. The smallest absolute Gasteiger partial charge is 0.274 e. The molecule has 5 heteroatoms. The van der Waals surface area contributed by atoms with Gasteiger partial charge >= 0.3 is 0 Å². The number of likely N-dealkylation sites (tertiary alicyclic amines) is 1. The number of carbonyl (C=O) groups is 1. The number of hydrogen-bond donors (Lipinski definition) is 0. The van der Waals surface area contributed by atoms with E-state index in [1.54, 1.807) is 12.4 Å². The maximum atomic E-state index is 12.4. The van der Waals surface area contributed by atoms with Crippen LogP contribution in [0.5, 0.6) is 0 Å². The van der Waals surface area contributed by atoms with Gasteiger partial charge in [-0.3, -0.25) is 14.8 Å². The Morgan fingerprint density at radius 2 is 2.12 bits per heavy atom. The molecule has 0 aliphatic carbocycles. The second kappa shape index (κ2) is 6.35. The van der Waals surface area contributed by atoms with E-state index in [1.165, 1.54) is 17.1 Å². The van der Waals surface area contributed by atoms with Gasteiger partial charge < -0.3 is 4.90 Å². The molecule has 1 aliphatic rings. The maximum absolute atomic E-state index is 12.4. The first kappa shape index (κ1) is 14.8. The summed E-state index contributed by atoms with van der Waals surface area (Å²) in [4.78, 5) is 26.8. The molecule has 2 aromatic heterocycles. The van der Waals surface area contributed by atoms with Crippen molar-refractivity contribution in [2.24, 2.45) is 5.92 Å². The molecule has 0 spiro atoms. The highest BCUT2D eigenvalue weighted by Crippen LogP contribution is 2.23. The Morgan fingerprint density at radius 3 is 3.00 bits per heavy atom. The predicted molar refractivity (Wildman–Crippen MR) is 91.5 cm³/mol. The van der Waals surface area contributed by atoms with E-state index >= 15 is 0 Å². The molecule has 1 fully saturated rings. The third-order valence-electron chi connectivity index (χ3n) is 4.55. The van der Waals surface area contributed by atoms with E-state index in [9.17, 15) is 4.79 Å². The molecule has 120 valence electrons. The number of carbonyl (C=O) groups excluding carboxylic acids is 1. The first-order chi connectivity index (χ1) is 11.8. The van der Waals surface area contributed by atoms with Gasteiger partial charge in [0.15, 0.2) is 0 Å². The molecular formula is C19H18N4O. The number of aromatic nitrogens is 3. The van der Waals surface area contributed by atoms with Crippen molar-refractivity contribution in [3.8, 4) is 0 Å². The van der Waals surface area contributed by atoms with E-state index in [0.29, 0.717) is 11.6 Å². The molecule has 1 amide bonds. The zero-order valence-electron chi connectivity index (χ0n) is 13.3. The van der Waals surface area contributed by atoms with Gasteiger partial charge in [0.1, 0.15) is 5.69 Å². The monoisotopic (exact) mass is 318 g/mol. The summed E-state index contributed by atoms with van der Waals surface area (Å²) in [6.07, 6.45) is 8.50. The molecule has 24 heavy (non-hydrogen) atoms. The molecule has 1 aromatic carbocycles. The van der Waals surface area contributed by atoms with Gasteiger partial charge in [-0.25, -0.2) is 4.98 Å². The second-order valence-corrected chi connectivity index (χ2v) is 6.23. The summed E-state index contributed by atoms with van der Waals surface area (Å²) in [6.45, 7) is 1.57. The number of rotatable bonds is 3. The fourth-order valence-corrected chi connectivity index (χ4v) is 3.34. The Kier molecular flexibility index (Phi) is 3.91. The summed E-state index contributed by atoms with van der Waals surface area (Å²) in [7, 11) is 0. The van der Waals surface area contributed by atoms with Crippen molar-refractivity contribution in [2.45, 2.75) is 12.8 Å². The van der Waals surface area contributed by atoms with E-state index < -0.39 is 0 Å². The van der Waals surface area contributed by atoms with Crippen molar-refractivity contribution in [1.82, 2.24) is 19.9 Å². The predicted octanol–water partition coefficient (Wildman–Crippen LogP) is 2.73. The van der Waals surface area contributed by atoms with Crippen molar-refractivity contribution in [3.63, 3.8) is 0 Å². The second-order valence-electron chi connectivity index (χ2n) is 6.23. The molecular weight excluding hydrogens is 300 g/mol. The topological polar surface area (TPSA) is 59.0 Å². The number of hydrogen-bond acceptors (Lipinski definition) is 4. The average molecular weight is 318 g/mol. The van der Waals surface area contributed by atoms with Crippen LogP contribution < -0.4 is 0 Å². The van der Waals surface area contributed by atoms with E-state index in [4.69, 9.17) is 0 Å². The molecule has 0 bridgehead atoms. The molecule has 0 N–H and O–H groups in total. The van der Waals surface area contributed by atoms with Crippen molar-refractivity contribution in [1.29, 1.82) is 0 Å². The molecule has 0 saturated carbocycles. The minimum atomic E-state index is -0.0201. The van der Waals surface area contributed by atoms with Crippen LogP contribution in [0.1, 0.15) is 22.5 Å². The van der Waals surface area contributed by atoms with Crippen LogP contribution in [0.25, 0.3) is 10.9 Å². The largest absolute Gasteiger partial charge is 0.337 e. The molecule has 3 aromatic rings. The first-order valence-electron chi connectivity index (χ1n) is 8.18. The van der Waals surface area contributed by atoms with Crippen LogP contribution in [-0.4, -0.2) is 38.8 Å². The minimum Gasteiger partial charge on any atom is -0.337 e. The van der Waals surface area contributed by atoms with Crippen LogP contribution in [0.15, 0.2) is 55.1 Å². The summed E-state index contributed by atoms with van der Waals surface area (Å²) >= 11 is 0. The fraction of sp³-hybridized carbons (Fsp3) is 0.263. The van der Waals surface area contributed by atoms with E-state index in [-0.39, 0.29) is 5.91 Å². The summed E-state index contributed by atoms with van der Waals surface area (Å²) in [5, 5.41) is 1.17. The van der Waals surface area contributed by atoms with Crippen LogP contribution in [-0.2, 0) is 6.42 Å². The molecule has 1 saturated heterocycles. The average Bonchev–Trinajstić information content (AvgIpc) is 3.10. The molecule has 1 atom stereocenters. The molecule has 3 heterocycles. The minimum absolute atomic E-state index is 0.0201. The van der Waals surface area contributed by atoms with Crippen molar-refractivity contribution < 1.29 is 4.79 Å². The van der Waals surface area contributed by atoms with Gasteiger partial charge in [0.2, 0.25) is 0 Å². The van der Waals surface area contributed by atoms with Crippen LogP contribution in [0, 0.1) is 5.92 Å². The van der Waals surface area contributed by atoms with Crippen LogP contribution in [0.2, 0.25) is 0 Å². The lowest BCUT2D eigenvalue weighted by Gasteiger charge is -2.16. The van der Waals surface area contributed by atoms with Gasteiger partial charge in [-0.15, -0.1) is 0 Å². The standard InChI is InChI=1S/C19H18N4O/c24-19(18-12-20-7-8-22-18)23-9-5-15(13-23)10-14-3-4-17-16(11-14)2-1-6-21-17/h1-4,6-8,11-12,15H,5,9-10,13H2/t15-/m1/s1. The Morgan fingerprint density at radius 1 is 1.17 bits per heavy atom. The summed E-state index contributed by atoms with van der Waals surface area (Å²) in [5.41, 5.74) is 2.75. The summed E-state index contributed by atoms with van der Waals surface area (Å²) in [6, 6.07) is 10.5. The zero-order chi connectivity index (χ0) is 16.4. The molecule has 4 rings (SSSR count). The Balaban J connectivity index is 1.44. The number of amides is 1. The van der Waals surface area contributed by atoms with E-state index in [0.717, 1.165) is 31.4 Å². The number of fused-ring (bicyclic) bond motifs is 1. The molecule has 0 radical (unpaired) electrons. The number of nitrogens with zero attached hydrogens (tertiary/aromatic N) is 4. The highest BCUT2D eigenvalue weighted by atomic mass is 16.2. The summed E-state index contributed by atoms with van der Waals surface area (Å²) < 4.78 is 0. The van der Waals surface area contributed by atoms with Gasteiger partial charge in [-0.1, -0.05) is 12.1 Å². The highest BCUT2D eigenvalue weighted by Gasteiger charge is 2.27. The van der Waals surface area contributed by atoms with Crippen molar-refractivity contribution >= 4 is 16.8 Å². The Labute approximate surface area is 140 Å². The lowest BCUT2D eigenvalue weighted by molar-refractivity contribution is 0.0781. The normalized spacial score (nSPS) is 17.3. The van der Waals surface area contributed by atoms with E-state index in [1.807, 2.05) is 17.2 Å². The van der Waals surface area contributed by atoms with E-state index in [2.05, 4.69) is 39.2 Å². The Bertz CT molecular complexity index is 865. The van der Waals surface area contributed by atoms with Gasteiger partial charge in [0.05, 0.1) is 11.7 Å². The van der Waals surface area contributed by atoms with Gasteiger partial charge in [0.25, 0.3) is 5.91 Å². The third kappa shape index (κ3) is 2.97. The molecule has 5 nitrogen and oxygen atoms in total. The fourth-order valence-electron chi connectivity index (χ4n) is 3.34. The molecule has 0 unspecified atom stereocenters. The van der Waals surface area contributed by atoms with Gasteiger partial charge in [-0.2, -0.15) is 0 Å². The number of pyridine rings is 1. The van der Waals surface area contributed by atoms with Crippen LogP contribution in [0.3, 0.4) is 0 Å². The lowest BCUT2D eigenvalue weighted by Crippen LogP contribution is -2.29. The summed E-state index contributed by atoms with van der Waals surface area (Å²) in [5.74, 6) is 0.466. The zero-order valence-corrected chi connectivity index (χ0v) is 13.3. The van der Waals surface area contributed by atoms with Crippen LogP contribution in [0.4, 0.5) is 0 Å². The maximum Gasteiger partial charge on any atom is 0.274 e. The SMILES string of the molecule is O=C(c1cnccn1)N1CC[C@H](Cc2ccc3ncccc3c2)C1. The van der Waals surface area contributed by atoms with Crippen molar-refractivity contribution in [2.75, 3.05) is 13.1 Å². The molecule has 1 aliphatic heterocycles. The van der Waals surface area contributed by atoms with Gasteiger partial charge in [0, 0.05) is 37.1 Å². The van der Waals surface area contributed by atoms with Gasteiger partial charge in [-0.05, 0) is 42.5 Å². The first-order valence-corrected chi connectivity index (χ1v) is 8.18. The third-order valence-corrected chi connectivity index (χ3v) is 4.55.